The van der Waals surface area contributed by atoms with Gasteiger partial charge in [0, 0.05) is 12.5 Å². The lowest BCUT2D eigenvalue weighted by atomic mass is 9.96. The second-order valence-electron chi connectivity index (χ2n) is 5.30. The molecule has 4 heteroatoms. The molecule has 2 aliphatic rings. The number of likely N-dealkylation sites (tertiary alicyclic amines) is 1. The topological polar surface area (TPSA) is 57.6 Å². The van der Waals surface area contributed by atoms with E-state index in [1.165, 1.54) is 0 Å². The Hall–Kier alpha value is -1.06. The Labute approximate surface area is 95.6 Å². The van der Waals surface area contributed by atoms with Gasteiger partial charge in [0.05, 0.1) is 0 Å². The quantitative estimate of drug-likeness (QED) is 0.791. The molecule has 1 aliphatic carbocycles. The van der Waals surface area contributed by atoms with Crippen molar-refractivity contribution in [1.82, 2.24) is 4.90 Å². The molecule has 0 aromatic rings. The van der Waals surface area contributed by atoms with Gasteiger partial charge in [-0.05, 0) is 38.5 Å². The van der Waals surface area contributed by atoms with Crippen LogP contribution in [0, 0.1) is 11.8 Å². The maximum atomic E-state index is 12.2. The number of carboxylic acid groups (broad SMARTS) is 1. The van der Waals surface area contributed by atoms with Crippen molar-refractivity contribution in [3.63, 3.8) is 0 Å². The molecule has 4 nitrogen and oxygen atoms in total. The van der Waals surface area contributed by atoms with Crippen molar-refractivity contribution in [3.05, 3.63) is 0 Å². The fraction of sp³-hybridized carbons (Fsp3) is 0.833. The standard InChI is InChI=1S/C12H19NO3/c1-8(9-4-5-9)10(14)13-7-3-6-12(13,2)11(15)16/h8-9H,3-7H2,1-2H3,(H,15,16). The summed E-state index contributed by atoms with van der Waals surface area (Å²) in [5, 5.41) is 9.23. The number of carbonyl (C=O) groups excluding carboxylic acids is 1. The lowest BCUT2D eigenvalue weighted by Gasteiger charge is -2.33. The van der Waals surface area contributed by atoms with Gasteiger partial charge in [-0.15, -0.1) is 0 Å². The Balaban J connectivity index is 2.13. The van der Waals surface area contributed by atoms with E-state index in [1.54, 1.807) is 11.8 Å². The summed E-state index contributed by atoms with van der Waals surface area (Å²) in [4.78, 5) is 25.0. The van der Waals surface area contributed by atoms with E-state index in [1.807, 2.05) is 6.92 Å². The molecule has 0 aromatic carbocycles. The van der Waals surface area contributed by atoms with Crippen LogP contribution in [-0.2, 0) is 9.59 Å². The van der Waals surface area contributed by atoms with Gasteiger partial charge in [-0.1, -0.05) is 6.92 Å². The Morgan fingerprint density at radius 3 is 2.56 bits per heavy atom. The van der Waals surface area contributed by atoms with Crippen molar-refractivity contribution in [2.45, 2.75) is 45.1 Å². The van der Waals surface area contributed by atoms with E-state index in [4.69, 9.17) is 0 Å². The molecule has 0 bridgehead atoms. The summed E-state index contributed by atoms with van der Waals surface area (Å²) in [5.41, 5.74) is -0.972. The zero-order chi connectivity index (χ0) is 11.9. The third-order valence-corrected chi connectivity index (χ3v) is 4.09. The highest BCUT2D eigenvalue weighted by molar-refractivity contribution is 5.88. The number of nitrogens with zero attached hydrogens (tertiary/aromatic N) is 1. The number of rotatable bonds is 3. The van der Waals surface area contributed by atoms with Gasteiger partial charge >= 0.3 is 5.97 Å². The number of carboxylic acids is 1. The van der Waals surface area contributed by atoms with Crippen LogP contribution in [0.4, 0.5) is 0 Å². The second-order valence-corrected chi connectivity index (χ2v) is 5.30. The Morgan fingerprint density at radius 2 is 2.06 bits per heavy atom. The second kappa shape index (κ2) is 3.75. The van der Waals surface area contributed by atoms with E-state index in [0.29, 0.717) is 18.9 Å². The van der Waals surface area contributed by atoms with Gasteiger partial charge in [0.2, 0.25) is 5.91 Å². The molecular formula is C12H19NO3. The van der Waals surface area contributed by atoms with E-state index < -0.39 is 11.5 Å². The molecule has 1 saturated carbocycles. The maximum Gasteiger partial charge on any atom is 0.329 e. The zero-order valence-electron chi connectivity index (χ0n) is 9.90. The molecule has 0 aromatic heterocycles. The van der Waals surface area contributed by atoms with Crippen molar-refractivity contribution in [1.29, 1.82) is 0 Å². The van der Waals surface area contributed by atoms with Gasteiger partial charge in [0.25, 0.3) is 0 Å². The van der Waals surface area contributed by atoms with E-state index in [2.05, 4.69) is 0 Å². The van der Waals surface area contributed by atoms with Gasteiger partial charge in [0.15, 0.2) is 0 Å². The molecule has 0 radical (unpaired) electrons. The number of hydrogen-bond acceptors (Lipinski definition) is 2. The van der Waals surface area contributed by atoms with Crippen LogP contribution in [-0.4, -0.2) is 34.0 Å². The fourth-order valence-corrected chi connectivity index (χ4v) is 2.58. The van der Waals surface area contributed by atoms with E-state index >= 15 is 0 Å². The number of amides is 1. The smallest absolute Gasteiger partial charge is 0.329 e. The van der Waals surface area contributed by atoms with E-state index in [9.17, 15) is 14.7 Å². The molecule has 1 saturated heterocycles. The molecule has 2 unspecified atom stereocenters. The average molecular weight is 225 g/mol. The van der Waals surface area contributed by atoms with Crippen LogP contribution in [0.5, 0.6) is 0 Å². The molecule has 90 valence electrons. The molecule has 2 atom stereocenters. The summed E-state index contributed by atoms with van der Waals surface area (Å²) in [7, 11) is 0. The first-order valence-electron chi connectivity index (χ1n) is 6.01. The van der Waals surface area contributed by atoms with Crippen LogP contribution in [0.15, 0.2) is 0 Å². The van der Waals surface area contributed by atoms with Crippen LogP contribution < -0.4 is 0 Å². The van der Waals surface area contributed by atoms with Crippen molar-refractivity contribution in [3.8, 4) is 0 Å². The van der Waals surface area contributed by atoms with E-state index in [-0.39, 0.29) is 11.8 Å². The van der Waals surface area contributed by atoms with Crippen LogP contribution in [0.2, 0.25) is 0 Å². The molecule has 2 rings (SSSR count). The minimum absolute atomic E-state index is 0.00299. The van der Waals surface area contributed by atoms with Crippen LogP contribution in [0.3, 0.4) is 0 Å². The summed E-state index contributed by atoms with van der Waals surface area (Å²) in [6.45, 7) is 4.19. The van der Waals surface area contributed by atoms with Crippen molar-refractivity contribution in [2.24, 2.45) is 11.8 Å². The number of aliphatic carboxylic acids is 1. The first-order chi connectivity index (χ1) is 7.47. The van der Waals surface area contributed by atoms with E-state index in [0.717, 1.165) is 19.3 Å². The Bertz CT molecular complexity index is 324. The van der Waals surface area contributed by atoms with Crippen LogP contribution in [0.1, 0.15) is 39.5 Å². The predicted octanol–water partition coefficient (Wildman–Crippen LogP) is 1.50. The minimum atomic E-state index is -0.972. The van der Waals surface area contributed by atoms with Gasteiger partial charge < -0.3 is 10.0 Å². The highest BCUT2D eigenvalue weighted by Crippen LogP contribution is 2.40. The van der Waals surface area contributed by atoms with Crippen molar-refractivity contribution < 1.29 is 14.7 Å². The van der Waals surface area contributed by atoms with Gasteiger partial charge in [0.1, 0.15) is 5.54 Å². The molecule has 1 N–H and O–H groups in total. The third-order valence-electron chi connectivity index (χ3n) is 4.09. The summed E-state index contributed by atoms with van der Waals surface area (Å²) < 4.78 is 0. The predicted molar refractivity (Wildman–Crippen MR) is 58.9 cm³/mol. The molecule has 0 spiro atoms. The van der Waals surface area contributed by atoms with Crippen molar-refractivity contribution in [2.75, 3.05) is 6.54 Å². The summed E-state index contributed by atoms with van der Waals surface area (Å²) in [6.07, 6.45) is 3.60. The minimum Gasteiger partial charge on any atom is -0.480 e. The molecule has 16 heavy (non-hydrogen) atoms. The largest absolute Gasteiger partial charge is 0.480 e. The lowest BCUT2D eigenvalue weighted by Crippen LogP contribution is -2.52. The highest BCUT2D eigenvalue weighted by Gasteiger charge is 2.48. The SMILES string of the molecule is CC(C(=O)N1CCCC1(C)C(=O)O)C1CC1. The van der Waals surface area contributed by atoms with Crippen LogP contribution >= 0.6 is 0 Å². The Morgan fingerprint density at radius 1 is 1.44 bits per heavy atom. The normalized spacial score (nSPS) is 31.5. The van der Waals surface area contributed by atoms with Gasteiger partial charge in [-0.3, -0.25) is 4.79 Å². The highest BCUT2D eigenvalue weighted by atomic mass is 16.4. The molecule has 1 heterocycles. The van der Waals surface area contributed by atoms with Gasteiger partial charge in [-0.25, -0.2) is 4.79 Å². The number of hydrogen-bond donors (Lipinski definition) is 1. The lowest BCUT2D eigenvalue weighted by molar-refractivity contribution is -0.157. The molecule has 1 amide bonds. The van der Waals surface area contributed by atoms with Gasteiger partial charge in [-0.2, -0.15) is 0 Å². The maximum absolute atomic E-state index is 12.2. The first kappa shape index (κ1) is 11.4. The first-order valence-corrected chi connectivity index (χ1v) is 6.01. The number of carbonyl (C=O) groups is 2. The Kier molecular flexibility index (Phi) is 2.68. The molecule has 1 aliphatic heterocycles. The fourth-order valence-electron chi connectivity index (χ4n) is 2.58. The summed E-state index contributed by atoms with van der Waals surface area (Å²) in [6, 6.07) is 0. The summed E-state index contributed by atoms with van der Waals surface area (Å²) in [5.74, 6) is -0.353. The van der Waals surface area contributed by atoms with Crippen molar-refractivity contribution >= 4 is 11.9 Å². The van der Waals surface area contributed by atoms with Crippen LogP contribution in [0.25, 0.3) is 0 Å². The zero-order valence-corrected chi connectivity index (χ0v) is 9.90. The monoisotopic (exact) mass is 225 g/mol. The molecule has 2 fully saturated rings. The molecular weight excluding hydrogens is 206 g/mol. The third kappa shape index (κ3) is 1.70. The summed E-state index contributed by atoms with van der Waals surface area (Å²) >= 11 is 0. The average Bonchev–Trinajstić information content (AvgIpc) is 3.00.